The Bertz CT molecular complexity index is 496. The molecule has 0 radical (unpaired) electrons. The van der Waals surface area contributed by atoms with E-state index in [9.17, 15) is 4.79 Å². The van der Waals surface area contributed by atoms with E-state index in [2.05, 4.69) is 41.2 Å². The molecule has 1 aromatic rings. The van der Waals surface area contributed by atoms with Gasteiger partial charge in [-0.2, -0.15) is 0 Å². The third kappa shape index (κ3) is 5.32. The fourth-order valence-electron chi connectivity index (χ4n) is 2.37. The Morgan fingerprint density at radius 2 is 1.68 bits per heavy atom. The molecule has 0 aromatic heterocycles. The zero-order chi connectivity index (χ0) is 16.9. The second kappa shape index (κ2) is 7.62. The number of esters is 1. The summed E-state index contributed by atoms with van der Waals surface area (Å²) < 4.78 is 5.60. The molecule has 3 atom stereocenters. The van der Waals surface area contributed by atoms with Crippen LogP contribution in [0.1, 0.15) is 47.1 Å². The van der Waals surface area contributed by atoms with Gasteiger partial charge in [-0.3, -0.25) is 4.79 Å². The van der Waals surface area contributed by atoms with Crippen LogP contribution in [0.5, 0.6) is 0 Å². The summed E-state index contributed by atoms with van der Waals surface area (Å²) in [6.07, 6.45) is 0.160. The number of benzene rings is 1. The van der Waals surface area contributed by atoms with E-state index < -0.39 is 0 Å². The minimum absolute atomic E-state index is 0.147. The SMILES string of the molecule is C=C(C(C)C(C)OC(=O)Cc1ccccc1)C(C)C(C)(C)C. The van der Waals surface area contributed by atoms with Gasteiger partial charge >= 0.3 is 5.97 Å². The first kappa shape index (κ1) is 18.5. The van der Waals surface area contributed by atoms with Crippen LogP contribution in [0.25, 0.3) is 0 Å². The fourth-order valence-corrected chi connectivity index (χ4v) is 2.37. The maximum atomic E-state index is 12.1. The molecule has 2 heteroatoms. The highest BCUT2D eigenvalue weighted by Gasteiger charge is 2.29. The molecule has 0 bridgehead atoms. The van der Waals surface area contributed by atoms with Crippen molar-refractivity contribution < 1.29 is 9.53 Å². The highest BCUT2D eigenvalue weighted by molar-refractivity contribution is 5.72. The van der Waals surface area contributed by atoms with Crippen LogP contribution in [-0.4, -0.2) is 12.1 Å². The van der Waals surface area contributed by atoms with Crippen LogP contribution in [0.15, 0.2) is 42.5 Å². The Kier molecular flexibility index (Phi) is 6.40. The molecular weight excluding hydrogens is 272 g/mol. The second-order valence-corrected chi connectivity index (χ2v) is 7.31. The molecule has 0 heterocycles. The molecule has 0 saturated heterocycles. The molecule has 122 valence electrons. The first-order valence-corrected chi connectivity index (χ1v) is 8.05. The molecule has 3 unspecified atom stereocenters. The van der Waals surface area contributed by atoms with Crippen molar-refractivity contribution in [1.82, 2.24) is 0 Å². The van der Waals surface area contributed by atoms with Crippen LogP contribution in [0.2, 0.25) is 0 Å². The number of rotatable bonds is 6. The average molecular weight is 302 g/mol. The first-order chi connectivity index (χ1) is 10.1. The highest BCUT2D eigenvalue weighted by Crippen LogP contribution is 2.35. The number of hydrogen-bond acceptors (Lipinski definition) is 2. The number of carbonyl (C=O) groups excluding carboxylic acids is 1. The summed E-state index contributed by atoms with van der Waals surface area (Å²) in [6.45, 7) is 17.1. The van der Waals surface area contributed by atoms with Gasteiger partial charge in [0.15, 0.2) is 0 Å². The van der Waals surface area contributed by atoms with Crippen LogP contribution in [0, 0.1) is 17.3 Å². The standard InChI is InChI=1S/C20H30O2/c1-14(16(3)20(5,6)7)15(2)17(4)22-19(21)13-18-11-9-8-10-12-18/h8-12,15-17H,1,13H2,2-7H3. The molecule has 0 fully saturated rings. The van der Waals surface area contributed by atoms with Gasteiger partial charge in [-0.1, -0.05) is 77.1 Å². The van der Waals surface area contributed by atoms with Crippen molar-refractivity contribution in [3.63, 3.8) is 0 Å². The summed E-state index contributed by atoms with van der Waals surface area (Å²) in [5, 5.41) is 0. The van der Waals surface area contributed by atoms with Gasteiger partial charge in [-0.25, -0.2) is 0 Å². The highest BCUT2D eigenvalue weighted by atomic mass is 16.5. The molecule has 0 aliphatic rings. The Morgan fingerprint density at radius 3 is 2.18 bits per heavy atom. The van der Waals surface area contributed by atoms with Crippen LogP contribution >= 0.6 is 0 Å². The molecule has 0 N–H and O–H groups in total. The van der Waals surface area contributed by atoms with E-state index in [1.807, 2.05) is 37.3 Å². The molecular formula is C20H30O2. The van der Waals surface area contributed by atoms with Crippen molar-refractivity contribution >= 4 is 5.97 Å². The van der Waals surface area contributed by atoms with Crippen LogP contribution in [0.4, 0.5) is 0 Å². The minimum atomic E-state index is -0.179. The lowest BCUT2D eigenvalue weighted by Crippen LogP contribution is -2.29. The maximum Gasteiger partial charge on any atom is 0.310 e. The van der Waals surface area contributed by atoms with Crippen molar-refractivity contribution in [3.05, 3.63) is 48.0 Å². The molecule has 0 spiro atoms. The summed E-state index contributed by atoms with van der Waals surface area (Å²) in [4.78, 5) is 12.1. The lowest BCUT2D eigenvalue weighted by atomic mass is 9.73. The van der Waals surface area contributed by atoms with Gasteiger partial charge in [0.05, 0.1) is 6.42 Å². The van der Waals surface area contributed by atoms with Gasteiger partial charge in [0.1, 0.15) is 6.10 Å². The maximum absolute atomic E-state index is 12.1. The number of ether oxygens (including phenoxy) is 1. The molecule has 0 aliphatic carbocycles. The molecule has 22 heavy (non-hydrogen) atoms. The van der Waals surface area contributed by atoms with Gasteiger partial charge in [0, 0.05) is 5.92 Å². The molecule has 0 saturated carbocycles. The zero-order valence-electron chi connectivity index (χ0n) is 14.8. The largest absolute Gasteiger partial charge is 0.462 e. The number of hydrogen-bond donors (Lipinski definition) is 0. The molecule has 2 nitrogen and oxygen atoms in total. The van der Waals surface area contributed by atoms with Crippen LogP contribution < -0.4 is 0 Å². The van der Waals surface area contributed by atoms with Gasteiger partial charge in [-0.05, 0) is 23.8 Å². The van der Waals surface area contributed by atoms with E-state index in [0.717, 1.165) is 11.1 Å². The van der Waals surface area contributed by atoms with Crippen molar-refractivity contribution in [3.8, 4) is 0 Å². The minimum Gasteiger partial charge on any atom is -0.462 e. The second-order valence-electron chi connectivity index (χ2n) is 7.31. The Morgan fingerprint density at radius 1 is 1.14 bits per heavy atom. The van der Waals surface area contributed by atoms with E-state index in [-0.39, 0.29) is 23.4 Å². The van der Waals surface area contributed by atoms with Crippen LogP contribution in [0.3, 0.4) is 0 Å². The number of carbonyl (C=O) groups is 1. The van der Waals surface area contributed by atoms with Crippen molar-refractivity contribution in [2.45, 2.75) is 54.1 Å². The predicted octanol–water partition coefficient (Wildman–Crippen LogP) is 5.04. The van der Waals surface area contributed by atoms with Gasteiger partial charge in [0.2, 0.25) is 0 Å². The third-order valence-electron chi connectivity index (χ3n) is 4.65. The van der Waals surface area contributed by atoms with E-state index in [1.165, 1.54) is 0 Å². The molecule has 1 rings (SSSR count). The molecule has 0 amide bonds. The monoisotopic (exact) mass is 302 g/mol. The summed E-state index contributed by atoms with van der Waals surface area (Å²) in [7, 11) is 0. The van der Waals surface area contributed by atoms with E-state index in [4.69, 9.17) is 4.74 Å². The van der Waals surface area contributed by atoms with E-state index in [1.54, 1.807) is 0 Å². The lowest BCUT2D eigenvalue weighted by Gasteiger charge is -2.34. The van der Waals surface area contributed by atoms with Crippen molar-refractivity contribution in [2.24, 2.45) is 17.3 Å². The van der Waals surface area contributed by atoms with E-state index in [0.29, 0.717) is 12.3 Å². The van der Waals surface area contributed by atoms with Crippen molar-refractivity contribution in [1.29, 1.82) is 0 Å². The lowest BCUT2D eigenvalue weighted by molar-refractivity contribution is -0.149. The van der Waals surface area contributed by atoms with Gasteiger partial charge < -0.3 is 4.74 Å². The van der Waals surface area contributed by atoms with E-state index >= 15 is 0 Å². The smallest absolute Gasteiger partial charge is 0.310 e. The topological polar surface area (TPSA) is 26.3 Å². The summed E-state index contributed by atoms with van der Waals surface area (Å²) in [6, 6.07) is 9.69. The van der Waals surface area contributed by atoms with Crippen LogP contribution in [-0.2, 0) is 16.0 Å². The molecule has 1 aromatic carbocycles. The van der Waals surface area contributed by atoms with Gasteiger partial charge in [0.25, 0.3) is 0 Å². The summed E-state index contributed by atoms with van der Waals surface area (Å²) >= 11 is 0. The Balaban J connectivity index is 2.58. The Labute approximate surface area is 135 Å². The predicted molar refractivity (Wildman–Crippen MR) is 92.6 cm³/mol. The summed E-state index contributed by atoms with van der Waals surface area (Å²) in [5.74, 6) is 0.341. The normalized spacial score (nSPS) is 15.7. The summed E-state index contributed by atoms with van der Waals surface area (Å²) in [5.41, 5.74) is 2.29. The zero-order valence-corrected chi connectivity index (χ0v) is 14.8. The quantitative estimate of drug-likeness (QED) is 0.544. The van der Waals surface area contributed by atoms with Gasteiger partial charge in [-0.15, -0.1) is 0 Å². The first-order valence-electron chi connectivity index (χ1n) is 8.05. The average Bonchev–Trinajstić information content (AvgIpc) is 2.44. The Hall–Kier alpha value is -1.57. The van der Waals surface area contributed by atoms with Crippen molar-refractivity contribution in [2.75, 3.05) is 0 Å². The molecule has 0 aliphatic heterocycles. The third-order valence-corrected chi connectivity index (χ3v) is 4.65. The fraction of sp³-hybridized carbons (Fsp3) is 0.550.